The third-order valence-electron chi connectivity index (χ3n) is 7.11. The van der Waals surface area contributed by atoms with Crippen LogP contribution in [-0.4, -0.2) is 23.8 Å². The summed E-state index contributed by atoms with van der Waals surface area (Å²) in [5, 5.41) is 15.3. The Bertz CT molecular complexity index is 1540. The van der Waals surface area contributed by atoms with E-state index in [1.54, 1.807) is 21.3 Å². The summed E-state index contributed by atoms with van der Waals surface area (Å²) in [6.07, 6.45) is 0. The van der Waals surface area contributed by atoms with Crippen LogP contribution in [0.15, 0.2) is 71.1 Å². The van der Waals surface area contributed by atoms with Crippen LogP contribution < -0.4 is 5.46 Å². The lowest BCUT2D eigenvalue weighted by molar-refractivity contribution is -0.0893. The molecule has 1 radical (unpaired) electrons. The van der Waals surface area contributed by atoms with Crippen molar-refractivity contribution in [1.82, 2.24) is 0 Å². The SMILES string of the molecule is CC(C)(O)C(C)(C)O[B]c1cccc2c1-c1cccc3c1c-2cc1oc2ccccc2c13. The van der Waals surface area contributed by atoms with E-state index < -0.39 is 11.2 Å². The molecule has 1 N–H and O–H groups in total. The zero-order valence-electron chi connectivity index (χ0n) is 18.7. The van der Waals surface area contributed by atoms with Gasteiger partial charge in [-0.2, -0.15) is 0 Å². The number of fused-ring (bicyclic) bond motifs is 7. The quantitative estimate of drug-likeness (QED) is 0.346. The number of aliphatic hydroxyl groups is 1. The lowest BCUT2D eigenvalue weighted by Crippen LogP contribution is -2.49. The summed E-state index contributed by atoms with van der Waals surface area (Å²) >= 11 is 0. The molecule has 0 amide bonds. The zero-order chi connectivity index (χ0) is 22.3. The molecule has 6 rings (SSSR count). The summed E-state index contributed by atoms with van der Waals surface area (Å²) in [4.78, 5) is 0. The van der Waals surface area contributed by atoms with Gasteiger partial charge in [-0.1, -0.05) is 54.6 Å². The first-order chi connectivity index (χ1) is 15.3. The van der Waals surface area contributed by atoms with Crippen LogP contribution in [0.4, 0.5) is 0 Å². The second-order valence-electron chi connectivity index (χ2n) is 9.70. The van der Waals surface area contributed by atoms with E-state index in [1.807, 2.05) is 26.0 Å². The van der Waals surface area contributed by atoms with Crippen molar-refractivity contribution >= 4 is 45.7 Å². The summed E-state index contributed by atoms with van der Waals surface area (Å²) < 4.78 is 12.4. The first-order valence-electron chi connectivity index (χ1n) is 11.0. The normalized spacial score (nSPS) is 13.3. The van der Waals surface area contributed by atoms with Gasteiger partial charge in [-0.15, -0.1) is 0 Å². The van der Waals surface area contributed by atoms with Crippen LogP contribution in [0.5, 0.6) is 0 Å². The van der Waals surface area contributed by atoms with E-state index >= 15 is 0 Å². The largest absolute Gasteiger partial charge is 0.456 e. The first-order valence-corrected chi connectivity index (χ1v) is 11.0. The Kier molecular flexibility index (Phi) is 3.96. The van der Waals surface area contributed by atoms with Crippen molar-refractivity contribution in [3.63, 3.8) is 0 Å². The van der Waals surface area contributed by atoms with Crippen LogP contribution in [0.25, 0.3) is 55.0 Å². The first kappa shape index (κ1) is 19.6. The van der Waals surface area contributed by atoms with E-state index in [1.165, 1.54) is 32.8 Å². The van der Waals surface area contributed by atoms with E-state index in [2.05, 4.69) is 54.6 Å². The minimum atomic E-state index is -0.976. The van der Waals surface area contributed by atoms with Crippen molar-refractivity contribution in [3.05, 3.63) is 66.7 Å². The molecule has 0 unspecified atom stereocenters. The minimum Gasteiger partial charge on any atom is -0.456 e. The Labute approximate surface area is 187 Å². The molecule has 0 bridgehead atoms. The molecular weight excluding hydrogens is 395 g/mol. The minimum absolute atomic E-state index is 0.730. The molecule has 4 aromatic carbocycles. The van der Waals surface area contributed by atoms with Crippen LogP contribution in [0.2, 0.25) is 0 Å². The van der Waals surface area contributed by atoms with Crippen molar-refractivity contribution in [2.24, 2.45) is 0 Å². The molecule has 0 fully saturated rings. The summed E-state index contributed by atoms with van der Waals surface area (Å²) in [6, 6.07) is 23.2. The average Bonchev–Trinajstić information content (AvgIpc) is 3.29. The number of furan rings is 1. The molecule has 32 heavy (non-hydrogen) atoms. The molecule has 3 nitrogen and oxygen atoms in total. The molecule has 0 saturated carbocycles. The Hall–Kier alpha value is -3.08. The van der Waals surface area contributed by atoms with Crippen LogP contribution in [0.1, 0.15) is 27.7 Å². The highest BCUT2D eigenvalue weighted by Gasteiger charge is 2.36. The Balaban J connectivity index is 1.57. The van der Waals surface area contributed by atoms with Gasteiger partial charge in [-0.25, -0.2) is 0 Å². The van der Waals surface area contributed by atoms with E-state index in [4.69, 9.17) is 9.07 Å². The predicted molar refractivity (Wildman–Crippen MR) is 133 cm³/mol. The molecular formula is C28H24BO3. The van der Waals surface area contributed by atoms with Crippen molar-refractivity contribution in [1.29, 1.82) is 0 Å². The average molecular weight is 419 g/mol. The number of para-hydroxylation sites is 1. The standard InChI is InChI=1S/C28H24BO3/c1-27(2,30)28(3,4)32-29-21-13-8-10-16-20-15-23-26(17-9-5-6-14-22(17)31-23)19-12-7-11-18(24(19)20)25(16)21/h5-15,30H,1-4H3. The lowest BCUT2D eigenvalue weighted by atomic mass is 9.78. The summed E-state index contributed by atoms with van der Waals surface area (Å²) in [5.74, 6) is 0. The van der Waals surface area contributed by atoms with Gasteiger partial charge in [-0.3, -0.25) is 0 Å². The second-order valence-corrected chi connectivity index (χ2v) is 9.70. The van der Waals surface area contributed by atoms with E-state index in [9.17, 15) is 5.11 Å². The second kappa shape index (κ2) is 6.47. The maximum atomic E-state index is 10.5. The van der Waals surface area contributed by atoms with Crippen LogP contribution in [0, 0.1) is 0 Å². The fourth-order valence-corrected chi connectivity index (χ4v) is 4.67. The van der Waals surface area contributed by atoms with E-state index in [0.29, 0.717) is 0 Å². The summed E-state index contributed by atoms with van der Waals surface area (Å²) in [7, 11) is 1.79. The Morgan fingerprint density at radius 3 is 2.28 bits per heavy atom. The fourth-order valence-electron chi connectivity index (χ4n) is 4.67. The molecule has 4 heteroatoms. The summed E-state index contributed by atoms with van der Waals surface area (Å²) in [6.45, 7) is 7.35. The maximum absolute atomic E-state index is 10.5. The summed E-state index contributed by atoms with van der Waals surface area (Å²) in [5.41, 5.74) is 5.86. The molecule has 1 aromatic heterocycles. The van der Waals surface area contributed by atoms with Crippen LogP contribution >= 0.6 is 0 Å². The van der Waals surface area contributed by atoms with Gasteiger partial charge in [0, 0.05) is 10.8 Å². The number of hydrogen-bond donors (Lipinski definition) is 1. The van der Waals surface area contributed by atoms with Crippen molar-refractivity contribution < 1.29 is 14.2 Å². The molecule has 157 valence electrons. The van der Waals surface area contributed by atoms with Gasteiger partial charge in [0.1, 0.15) is 11.2 Å². The van der Waals surface area contributed by atoms with E-state index in [-0.39, 0.29) is 0 Å². The monoisotopic (exact) mass is 419 g/mol. The third-order valence-corrected chi connectivity index (χ3v) is 7.11. The molecule has 1 aliphatic carbocycles. The third kappa shape index (κ3) is 2.63. The predicted octanol–water partition coefficient (Wildman–Crippen LogP) is 6.20. The van der Waals surface area contributed by atoms with Gasteiger partial charge in [0.2, 0.25) is 0 Å². The molecule has 0 saturated heterocycles. The highest BCUT2D eigenvalue weighted by molar-refractivity contribution is 6.51. The molecule has 1 heterocycles. The van der Waals surface area contributed by atoms with Gasteiger partial charge in [-0.05, 0) is 78.3 Å². The van der Waals surface area contributed by atoms with Gasteiger partial charge >= 0.3 is 7.48 Å². The van der Waals surface area contributed by atoms with Gasteiger partial charge in [0.25, 0.3) is 0 Å². The molecule has 0 spiro atoms. The highest BCUT2D eigenvalue weighted by Crippen LogP contribution is 2.50. The van der Waals surface area contributed by atoms with Crippen molar-refractivity contribution in [3.8, 4) is 22.3 Å². The van der Waals surface area contributed by atoms with Gasteiger partial charge in [0.15, 0.2) is 0 Å². The number of hydrogen-bond acceptors (Lipinski definition) is 3. The van der Waals surface area contributed by atoms with Crippen LogP contribution in [-0.2, 0) is 4.65 Å². The molecule has 0 atom stereocenters. The van der Waals surface area contributed by atoms with Crippen LogP contribution in [0.3, 0.4) is 0 Å². The van der Waals surface area contributed by atoms with Gasteiger partial charge in [0.05, 0.1) is 11.2 Å². The van der Waals surface area contributed by atoms with Crippen molar-refractivity contribution in [2.45, 2.75) is 38.9 Å². The fraction of sp³-hybridized carbons (Fsp3) is 0.214. The molecule has 0 aliphatic heterocycles. The highest BCUT2D eigenvalue weighted by atomic mass is 16.5. The maximum Gasteiger partial charge on any atom is 0.331 e. The molecule has 5 aromatic rings. The number of benzene rings is 4. The van der Waals surface area contributed by atoms with Crippen molar-refractivity contribution in [2.75, 3.05) is 0 Å². The van der Waals surface area contributed by atoms with E-state index in [0.717, 1.165) is 27.6 Å². The zero-order valence-corrected chi connectivity index (χ0v) is 18.7. The Morgan fingerprint density at radius 1 is 0.750 bits per heavy atom. The lowest BCUT2D eigenvalue weighted by Gasteiger charge is -2.37. The molecule has 1 aliphatic rings. The Morgan fingerprint density at radius 2 is 1.47 bits per heavy atom. The smallest absolute Gasteiger partial charge is 0.331 e. The number of rotatable bonds is 4. The topological polar surface area (TPSA) is 42.6 Å². The van der Waals surface area contributed by atoms with Gasteiger partial charge < -0.3 is 14.2 Å².